The van der Waals surface area contributed by atoms with Crippen molar-refractivity contribution in [1.29, 1.82) is 0 Å². The summed E-state index contributed by atoms with van der Waals surface area (Å²) < 4.78 is 2.40. The van der Waals surface area contributed by atoms with Crippen LogP contribution in [0.25, 0.3) is 49.9 Å². The topological polar surface area (TPSA) is 17.8 Å². The van der Waals surface area contributed by atoms with Crippen LogP contribution in [-0.2, 0) is 5.41 Å². The summed E-state index contributed by atoms with van der Waals surface area (Å²) in [6.45, 7) is 6.79. The first-order valence-corrected chi connectivity index (χ1v) is 12.2. The van der Waals surface area contributed by atoms with Crippen molar-refractivity contribution in [2.24, 2.45) is 0 Å². The summed E-state index contributed by atoms with van der Waals surface area (Å²) in [4.78, 5) is 4.91. The number of nitrogens with zero attached hydrogens (tertiary/aromatic N) is 2. The predicted octanol–water partition coefficient (Wildman–Crippen LogP) is 8.46. The third-order valence-electron chi connectivity index (χ3n) is 7.68. The molecular formula is C33H26N2. The van der Waals surface area contributed by atoms with Gasteiger partial charge in [0.2, 0.25) is 0 Å². The Morgan fingerprint density at radius 1 is 0.657 bits per heavy atom. The van der Waals surface area contributed by atoms with E-state index in [4.69, 9.17) is 4.98 Å². The molecule has 0 saturated carbocycles. The highest BCUT2D eigenvalue weighted by Crippen LogP contribution is 2.51. The minimum Gasteiger partial charge on any atom is -0.309 e. The summed E-state index contributed by atoms with van der Waals surface area (Å²) >= 11 is 0. The van der Waals surface area contributed by atoms with Crippen molar-refractivity contribution in [3.63, 3.8) is 0 Å². The van der Waals surface area contributed by atoms with Crippen molar-refractivity contribution in [2.45, 2.75) is 26.2 Å². The van der Waals surface area contributed by atoms with E-state index in [1.54, 1.807) is 0 Å². The quantitative estimate of drug-likeness (QED) is 0.259. The molecule has 1 aliphatic carbocycles. The van der Waals surface area contributed by atoms with Crippen LogP contribution in [0.15, 0.2) is 103 Å². The van der Waals surface area contributed by atoms with E-state index in [-0.39, 0.29) is 5.41 Å². The summed E-state index contributed by atoms with van der Waals surface area (Å²) in [5.41, 5.74) is 12.3. The lowest BCUT2D eigenvalue weighted by Crippen LogP contribution is -2.15. The second kappa shape index (κ2) is 7.16. The molecule has 0 fully saturated rings. The smallest absolute Gasteiger partial charge is 0.0708 e. The van der Waals surface area contributed by atoms with E-state index in [1.807, 2.05) is 0 Å². The van der Waals surface area contributed by atoms with Crippen LogP contribution in [-0.4, -0.2) is 9.55 Å². The van der Waals surface area contributed by atoms with Crippen molar-refractivity contribution >= 4 is 21.8 Å². The Bertz CT molecular complexity index is 1770. The van der Waals surface area contributed by atoms with Gasteiger partial charge in [0, 0.05) is 33.6 Å². The Hall–Kier alpha value is -4.17. The molecule has 0 aliphatic heterocycles. The van der Waals surface area contributed by atoms with Crippen LogP contribution in [0.5, 0.6) is 0 Å². The first-order valence-electron chi connectivity index (χ1n) is 12.2. The number of pyridine rings is 1. The molecule has 2 nitrogen and oxygen atoms in total. The van der Waals surface area contributed by atoms with Crippen LogP contribution in [0.2, 0.25) is 0 Å². The second-order valence-electron chi connectivity index (χ2n) is 10.2. The normalized spacial score (nSPS) is 13.8. The first kappa shape index (κ1) is 20.2. The van der Waals surface area contributed by atoms with Crippen molar-refractivity contribution in [2.75, 3.05) is 0 Å². The van der Waals surface area contributed by atoms with E-state index in [9.17, 15) is 0 Å². The molecular weight excluding hydrogens is 424 g/mol. The Balaban J connectivity index is 1.54. The molecule has 2 heteroatoms. The number of aryl methyl sites for hydroxylation is 1. The second-order valence-corrected chi connectivity index (χ2v) is 10.2. The molecule has 0 atom stereocenters. The van der Waals surface area contributed by atoms with Crippen molar-refractivity contribution in [3.8, 4) is 28.1 Å². The van der Waals surface area contributed by atoms with Crippen molar-refractivity contribution in [1.82, 2.24) is 9.55 Å². The molecule has 0 radical (unpaired) electrons. The van der Waals surface area contributed by atoms with Gasteiger partial charge in [-0.3, -0.25) is 4.98 Å². The monoisotopic (exact) mass is 450 g/mol. The highest BCUT2D eigenvalue weighted by molar-refractivity contribution is 6.11. The van der Waals surface area contributed by atoms with E-state index >= 15 is 0 Å². The fourth-order valence-electron chi connectivity index (χ4n) is 5.89. The molecule has 0 amide bonds. The largest absolute Gasteiger partial charge is 0.309 e. The van der Waals surface area contributed by atoms with Crippen molar-refractivity contribution in [3.05, 3.63) is 120 Å². The third-order valence-corrected chi connectivity index (χ3v) is 7.68. The summed E-state index contributed by atoms with van der Waals surface area (Å²) in [5.74, 6) is 0. The van der Waals surface area contributed by atoms with Gasteiger partial charge in [-0.2, -0.15) is 0 Å². The summed E-state index contributed by atoms with van der Waals surface area (Å²) in [6, 6.07) is 35.2. The first-order chi connectivity index (χ1) is 17.0. The van der Waals surface area contributed by atoms with Gasteiger partial charge in [-0.05, 0) is 71.6 Å². The zero-order valence-electron chi connectivity index (χ0n) is 20.2. The molecule has 168 valence electrons. The molecule has 6 aromatic rings. The standard InChI is InChI=1S/C33H26N2/c1-21-10-9-11-22(16-21)30-18-26-25-17-27-24-14-7-8-15-31(24)35(23-12-5-4-6-13-23)32(27)19-28(25)33(2,3)29(26)20-34-30/h4-20H,1-3H3. The SMILES string of the molecule is Cc1cccc(-c2cc3c(cn2)C(C)(C)c2cc4c(cc2-3)c2ccccc2n4-c2ccccc2)c1. The molecule has 0 bridgehead atoms. The van der Waals surface area contributed by atoms with Crippen LogP contribution in [0, 0.1) is 6.92 Å². The van der Waals surface area contributed by atoms with E-state index in [0.29, 0.717) is 0 Å². The maximum absolute atomic E-state index is 4.91. The molecule has 2 heterocycles. The van der Waals surface area contributed by atoms with Crippen LogP contribution in [0.4, 0.5) is 0 Å². The van der Waals surface area contributed by atoms with Gasteiger partial charge in [0.1, 0.15) is 0 Å². The molecule has 1 aliphatic rings. The lowest BCUT2D eigenvalue weighted by Gasteiger charge is -2.21. The maximum atomic E-state index is 4.91. The number of fused-ring (bicyclic) bond motifs is 6. The van der Waals surface area contributed by atoms with Crippen LogP contribution in [0.1, 0.15) is 30.5 Å². The van der Waals surface area contributed by atoms with Gasteiger partial charge in [-0.25, -0.2) is 0 Å². The van der Waals surface area contributed by atoms with Crippen LogP contribution < -0.4 is 0 Å². The number of para-hydroxylation sites is 2. The molecule has 0 unspecified atom stereocenters. The molecule has 7 rings (SSSR count). The molecule has 0 saturated heterocycles. The number of hydrogen-bond acceptors (Lipinski definition) is 1. The molecule has 4 aromatic carbocycles. The van der Waals surface area contributed by atoms with Gasteiger partial charge in [0.15, 0.2) is 0 Å². The number of rotatable bonds is 2. The van der Waals surface area contributed by atoms with Gasteiger partial charge in [0.05, 0.1) is 16.7 Å². The van der Waals surface area contributed by atoms with E-state index in [0.717, 1.165) is 5.69 Å². The Morgan fingerprint density at radius 3 is 2.26 bits per heavy atom. The molecule has 0 N–H and O–H groups in total. The van der Waals surface area contributed by atoms with Crippen molar-refractivity contribution < 1.29 is 0 Å². The van der Waals surface area contributed by atoms with Crippen LogP contribution in [0.3, 0.4) is 0 Å². The summed E-state index contributed by atoms with van der Waals surface area (Å²) in [6.07, 6.45) is 2.10. The number of aromatic nitrogens is 2. The average Bonchev–Trinajstić information content (AvgIpc) is 3.32. The van der Waals surface area contributed by atoms with Gasteiger partial charge >= 0.3 is 0 Å². The fourth-order valence-corrected chi connectivity index (χ4v) is 5.89. The summed E-state index contributed by atoms with van der Waals surface area (Å²) in [5, 5.41) is 2.58. The lowest BCUT2D eigenvalue weighted by molar-refractivity contribution is 0.658. The van der Waals surface area contributed by atoms with Crippen LogP contribution >= 0.6 is 0 Å². The van der Waals surface area contributed by atoms with Gasteiger partial charge in [-0.15, -0.1) is 0 Å². The summed E-state index contributed by atoms with van der Waals surface area (Å²) in [7, 11) is 0. The van der Waals surface area contributed by atoms with E-state index < -0.39 is 0 Å². The fraction of sp³-hybridized carbons (Fsp3) is 0.121. The lowest BCUT2D eigenvalue weighted by atomic mass is 9.83. The number of benzene rings is 4. The molecule has 35 heavy (non-hydrogen) atoms. The van der Waals surface area contributed by atoms with E-state index in [2.05, 4.69) is 129 Å². The maximum Gasteiger partial charge on any atom is 0.0708 e. The minimum atomic E-state index is -0.116. The van der Waals surface area contributed by atoms with Gasteiger partial charge < -0.3 is 4.57 Å². The highest BCUT2D eigenvalue weighted by atomic mass is 15.0. The Kier molecular flexibility index (Phi) is 4.14. The Morgan fingerprint density at radius 2 is 1.43 bits per heavy atom. The predicted molar refractivity (Wildman–Crippen MR) is 146 cm³/mol. The molecule has 0 spiro atoms. The van der Waals surface area contributed by atoms with Gasteiger partial charge in [-0.1, -0.05) is 74.0 Å². The average molecular weight is 451 g/mol. The zero-order chi connectivity index (χ0) is 23.7. The zero-order valence-corrected chi connectivity index (χ0v) is 20.2. The van der Waals surface area contributed by atoms with E-state index in [1.165, 1.54) is 60.9 Å². The third kappa shape index (κ3) is 2.86. The number of hydrogen-bond donors (Lipinski definition) is 0. The molecule has 2 aromatic heterocycles. The highest BCUT2D eigenvalue weighted by Gasteiger charge is 2.37. The minimum absolute atomic E-state index is 0.116. The van der Waals surface area contributed by atoms with Gasteiger partial charge in [0.25, 0.3) is 0 Å². The Labute approximate surface area is 205 Å².